The molecule has 4 aromatic rings. The summed E-state index contributed by atoms with van der Waals surface area (Å²) in [6, 6.07) is 10.8. The van der Waals surface area contributed by atoms with Crippen LogP contribution in [0.15, 0.2) is 86.7 Å². The van der Waals surface area contributed by atoms with Crippen LogP contribution in [0.5, 0.6) is 0 Å². The molecule has 0 bridgehead atoms. The van der Waals surface area contributed by atoms with Gasteiger partial charge in [0.2, 0.25) is 0 Å². The van der Waals surface area contributed by atoms with E-state index in [1.54, 1.807) is 36.7 Å². The van der Waals surface area contributed by atoms with Crippen LogP contribution in [0, 0.1) is 23.3 Å². The predicted octanol–water partition coefficient (Wildman–Crippen LogP) is 7.59. The van der Waals surface area contributed by atoms with Gasteiger partial charge in [-0.1, -0.05) is 6.07 Å². The number of hydrogen-bond donors (Lipinski definition) is 1. The zero-order valence-electron chi connectivity index (χ0n) is 17.5. The van der Waals surface area contributed by atoms with Gasteiger partial charge in [-0.25, -0.2) is 17.6 Å². The van der Waals surface area contributed by atoms with Gasteiger partial charge < -0.3 is 5.11 Å². The number of aliphatic hydroxyl groups is 1. The quantitative estimate of drug-likeness (QED) is 0.138. The fourth-order valence-corrected chi connectivity index (χ4v) is 3.76. The van der Waals surface area contributed by atoms with Gasteiger partial charge in [-0.05, 0) is 78.1 Å². The highest BCUT2D eigenvalue weighted by molar-refractivity contribution is 9.11. The number of benzene rings is 2. The first-order valence-electron chi connectivity index (χ1n) is 9.51. The average Bonchev–Trinajstić information content (AvgIpc) is 2.86. The number of pyridine rings is 2. The van der Waals surface area contributed by atoms with Gasteiger partial charge in [0, 0.05) is 53.6 Å². The molecule has 0 aliphatic rings. The molecule has 0 saturated heterocycles. The van der Waals surface area contributed by atoms with Crippen molar-refractivity contribution in [3.05, 3.63) is 127 Å². The van der Waals surface area contributed by atoms with E-state index in [1.807, 2.05) is 0 Å². The summed E-state index contributed by atoms with van der Waals surface area (Å²) < 4.78 is 52.1. The van der Waals surface area contributed by atoms with Crippen LogP contribution in [0.2, 0.25) is 0 Å². The van der Waals surface area contributed by atoms with Crippen LogP contribution < -0.4 is 0 Å². The van der Waals surface area contributed by atoms with E-state index in [4.69, 9.17) is 0 Å². The molecule has 0 aliphatic heterocycles. The van der Waals surface area contributed by atoms with Crippen molar-refractivity contribution in [2.24, 2.45) is 0 Å². The number of carbonyl (C=O) groups is 1. The first-order chi connectivity index (χ1) is 16.6. The molecule has 0 saturated carbocycles. The van der Waals surface area contributed by atoms with E-state index in [-0.39, 0.29) is 19.0 Å². The van der Waals surface area contributed by atoms with Crippen molar-refractivity contribution in [2.75, 3.05) is 0 Å². The molecule has 2 aromatic carbocycles. The molecule has 0 fully saturated rings. The van der Waals surface area contributed by atoms with Gasteiger partial charge >= 0.3 is 0 Å². The molecule has 4 nitrogen and oxygen atoms in total. The van der Waals surface area contributed by atoms with E-state index < -0.39 is 29.4 Å². The molecule has 0 amide bonds. The molecule has 0 aliphatic carbocycles. The van der Waals surface area contributed by atoms with Crippen molar-refractivity contribution in [3.8, 4) is 0 Å². The zero-order chi connectivity index (χ0) is 26.0. The minimum atomic E-state index is -1.17. The predicted molar refractivity (Wildman–Crippen MR) is 134 cm³/mol. The number of carbonyl (C=O) groups excluding carboxylic acids is 1. The van der Waals surface area contributed by atoms with Crippen molar-refractivity contribution in [1.82, 2.24) is 9.97 Å². The maximum Gasteiger partial charge on any atom is 0.151 e. The third kappa shape index (κ3) is 8.92. The van der Waals surface area contributed by atoms with Gasteiger partial charge in [0.15, 0.2) is 6.29 Å². The number of halogens is 7. The third-order valence-electron chi connectivity index (χ3n) is 4.12. The van der Waals surface area contributed by atoms with E-state index in [0.717, 1.165) is 18.4 Å². The Morgan fingerprint density at radius 3 is 1.69 bits per heavy atom. The summed E-state index contributed by atoms with van der Waals surface area (Å²) in [6.07, 6.45) is 5.74. The van der Waals surface area contributed by atoms with Gasteiger partial charge in [0.1, 0.15) is 29.4 Å². The summed E-state index contributed by atoms with van der Waals surface area (Å²) in [5.41, 5.74) is 1.07. The number of aldehydes is 1. The second-order valence-electron chi connectivity index (χ2n) is 6.56. The Hall–Kier alpha value is -2.47. The van der Waals surface area contributed by atoms with E-state index in [0.29, 0.717) is 11.1 Å². The van der Waals surface area contributed by atoms with Crippen molar-refractivity contribution >= 4 is 54.1 Å². The smallest absolute Gasteiger partial charge is 0.151 e. The standard InChI is InChI=1S/C12H8BrF2NO.C6H2Br2F2.C6H5NO/c13-9-4-8(10(14)5-11(9)15)12(17)7-2-1-3-16-6-7;7-3-1-4(8)6(10)2-5(3)9;8-5-6-2-1-3-7-4-6/h1-6,12,17H;1-2H;1-5H. The monoisotopic (exact) mass is 676 g/mol. The highest BCUT2D eigenvalue weighted by atomic mass is 79.9. The lowest BCUT2D eigenvalue weighted by Gasteiger charge is -2.12. The Morgan fingerprint density at radius 2 is 1.26 bits per heavy atom. The molecular weight excluding hydrogens is 664 g/mol. The van der Waals surface area contributed by atoms with Crippen molar-refractivity contribution in [1.29, 1.82) is 0 Å². The first-order valence-corrected chi connectivity index (χ1v) is 11.9. The molecule has 2 heterocycles. The molecule has 182 valence electrons. The second-order valence-corrected chi connectivity index (χ2v) is 9.12. The van der Waals surface area contributed by atoms with Gasteiger partial charge in [0.05, 0.1) is 13.4 Å². The fraction of sp³-hybridized carbons (Fsp3) is 0.0417. The highest BCUT2D eigenvalue weighted by Crippen LogP contribution is 2.28. The number of aromatic nitrogens is 2. The topological polar surface area (TPSA) is 63.1 Å². The van der Waals surface area contributed by atoms with Crippen LogP contribution in [0.25, 0.3) is 0 Å². The van der Waals surface area contributed by atoms with Crippen LogP contribution in [0.3, 0.4) is 0 Å². The van der Waals surface area contributed by atoms with Crippen LogP contribution in [-0.2, 0) is 0 Å². The summed E-state index contributed by atoms with van der Waals surface area (Å²) in [7, 11) is 0. The lowest BCUT2D eigenvalue weighted by atomic mass is 10.0. The molecule has 1 atom stereocenters. The zero-order valence-corrected chi connectivity index (χ0v) is 22.2. The number of hydrogen-bond acceptors (Lipinski definition) is 4. The summed E-state index contributed by atoms with van der Waals surface area (Å²) in [4.78, 5) is 17.5. The van der Waals surface area contributed by atoms with Gasteiger partial charge in [0.25, 0.3) is 0 Å². The molecule has 4 rings (SSSR count). The minimum absolute atomic E-state index is 0.00581. The lowest BCUT2D eigenvalue weighted by Crippen LogP contribution is -2.03. The Kier molecular flexibility index (Phi) is 11.7. The third-order valence-corrected chi connectivity index (χ3v) is 5.94. The first kappa shape index (κ1) is 28.8. The molecule has 1 unspecified atom stereocenters. The van der Waals surface area contributed by atoms with E-state index in [1.165, 1.54) is 24.5 Å². The molecule has 11 heteroatoms. The molecule has 0 radical (unpaired) electrons. The number of aliphatic hydroxyl groups excluding tert-OH is 1. The van der Waals surface area contributed by atoms with Gasteiger partial charge in [-0.2, -0.15) is 0 Å². The van der Waals surface area contributed by atoms with Gasteiger partial charge in [-0.15, -0.1) is 0 Å². The summed E-state index contributed by atoms with van der Waals surface area (Å²) >= 11 is 8.77. The van der Waals surface area contributed by atoms with E-state index in [9.17, 15) is 27.5 Å². The fourth-order valence-electron chi connectivity index (χ4n) is 2.41. The Bertz CT molecular complexity index is 1220. The van der Waals surface area contributed by atoms with Crippen LogP contribution in [0.4, 0.5) is 17.6 Å². The maximum absolute atomic E-state index is 13.5. The minimum Gasteiger partial charge on any atom is -0.383 e. The van der Waals surface area contributed by atoms with Crippen LogP contribution >= 0.6 is 47.8 Å². The molecule has 35 heavy (non-hydrogen) atoms. The summed E-state index contributed by atoms with van der Waals surface area (Å²) in [5.74, 6) is -2.69. The van der Waals surface area contributed by atoms with Crippen LogP contribution in [-0.4, -0.2) is 21.4 Å². The van der Waals surface area contributed by atoms with Crippen molar-refractivity contribution < 1.29 is 27.5 Å². The summed E-state index contributed by atoms with van der Waals surface area (Å²) in [6.45, 7) is 0. The molecule has 1 N–H and O–H groups in total. The van der Waals surface area contributed by atoms with E-state index in [2.05, 4.69) is 57.8 Å². The maximum atomic E-state index is 13.5. The Labute approximate surface area is 223 Å². The van der Waals surface area contributed by atoms with Gasteiger partial charge in [-0.3, -0.25) is 14.8 Å². The second kappa shape index (κ2) is 14.2. The highest BCUT2D eigenvalue weighted by Gasteiger charge is 2.17. The lowest BCUT2D eigenvalue weighted by molar-refractivity contribution is 0.112. The summed E-state index contributed by atoms with van der Waals surface area (Å²) in [5, 5.41) is 9.96. The number of rotatable bonds is 3. The van der Waals surface area contributed by atoms with Crippen LogP contribution in [0.1, 0.15) is 27.6 Å². The molecule has 2 aromatic heterocycles. The molecule has 0 spiro atoms. The number of nitrogens with zero attached hydrogens (tertiary/aromatic N) is 2. The average molecular weight is 679 g/mol. The SMILES string of the molecule is Fc1cc(F)c(Br)cc1Br.O=Cc1cccnc1.OC(c1cccnc1)c1cc(Br)c(F)cc1F. The van der Waals surface area contributed by atoms with Crippen molar-refractivity contribution in [2.45, 2.75) is 6.10 Å². The Morgan fingerprint density at radius 1 is 0.743 bits per heavy atom. The van der Waals surface area contributed by atoms with E-state index >= 15 is 0 Å². The Balaban J connectivity index is 0.000000204. The normalized spacial score (nSPS) is 10.9. The largest absolute Gasteiger partial charge is 0.383 e. The molecular formula is C24H15Br3F4N2O2. The van der Waals surface area contributed by atoms with Crippen molar-refractivity contribution in [3.63, 3.8) is 0 Å².